The van der Waals surface area contributed by atoms with E-state index in [4.69, 9.17) is 10.6 Å². The molecular formula is C25H26N4O4S. The van der Waals surface area contributed by atoms with Gasteiger partial charge in [-0.3, -0.25) is 24.5 Å². The van der Waals surface area contributed by atoms with Gasteiger partial charge in [-0.15, -0.1) is 0 Å². The molecule has 0 radical (unpaired) electrons. The number of hydrogen-bond donors (Lipinski definition) is 2. The number of aromatic nitrogens is 1. The average molecular weight is 479 g/mol. The minimum Gasteiger partial charge on any atom is -0.366 e. The topological polar surface area (TPSA) is 115 Å². The molecule has 0 saturated heterocycles. The Labute approximate surface area is 201 Å². The van der Waals surface area contributed by atoms with E-state index < -0.39 is 11.8 Å². The lowest BCUT2D eigenvalue weighted by atomic mass is 10.1. The molecule has 1 heterocycles. The van der Waals surface area contributed by atoms with Crippen molar-refractivity contribution in [1.29, 1.82) is 0 Å². The van der Waals surface area contributed by atoms with E-state index in [2.05, 4.69) is 10.3 Å². The monoisotopic (exact) mass is 478 g/mol. The van der Waals surface area contributed by atoms with E-state index in [1.807, 2.05) is 30.3 Å². The fourth-order valence-electron chi connectivity index (χ4n) is 3.89. The molecule has 1 fully saturated rings. The van der Waals surface area contributed by atoms with Gasteiger partial charge in [-0.25, -0.2) is 10.0 Å². The van der Waals surface area contributed by atoms with Crippen LogP contribution in [-0.4, -0.2) is 33.8 Å². The van der Waals surface area contributed by atoms with Crippen LogP contribution >= 0.6 is 11.3 Å². The van der Waals surface area contributed by atoms with Gasteiger partial charge in [-0.2, -0.15) is 0 Å². The molecule has 0 spiro atoms. The van der Waals surface area contributed by atoms with Crippen molar-refractivity contribution >= 4 is 34.2 Å². The van der Waals surface area contributed by atoms with E-state index in [9.17, 15) is 14.4 Å². The summed E-state index contributed by atoms with van der Waals surface area (Å²) < 4.78 is 0. The highest BCUT2D eigenvalue weighted by Crippen LogP contribution is 2.30. The maximum absolute atomic E-state index is 13.5. The minimum absolute atomic E-state index is 0.0134. The highest BCUT2D eigenvalue weighted by Gasteiger charge is 2.31. The second-order valence-electron chi connectivity index (χ2n) is 8.16. The summed E-state index contributed by atoms with van der Waals surface area (Å²) in [5.41, 5.74) is 7.42. The smallest absolute Gasteiger partial charge is 0.289 e. The summed E-state index contributed by atoms with van der Waals surface area (Å²) in [7, 11) is 0. The van der Waals surface area contributed by atoms with Gasteiger partial charge in [0.05, 0.1) is 11.7 Å². The normalized spacial score (nSPS) is 13.6. The van der Waals surface area contributed by atoms with Crippen LogP contribution in [0.4, 0.5) is 5.13 Å². The van der Waals surface area contributed by atoms with E-state index in [1.54, 1.807) is 6.92 Å². The van der Waals surface area contributed by atoms with Gasteiger partial charge in [-0.05, 0) is 49.6 Å². The first-order valence-electron chi connectivity index (χ1n) is 11.1. The first-order valence-corrected chi connectivity index (χ1v) is 11.9. The number of thiazole rings is 1. The highest BCUT2D eigenvalue weighted by molar-refractivity contribution is 7.17. The Morgan fingerprint density at radius 2 is 1.71 bits per heavy atom. The van der Waals surface area contributed by atoms with Gasteiger partial charge in [0, 0.05) is 11.1 Å². The second-order valence-corrected chi connectivity index (χ2v) is 9.16. The van der Waals surface area contributed by atoms with Gasteiger partial charge in [0.15, 0.2) is 5.13 Å². The summed E-state index contributed by atoms with van der Waals surface area (Å²) in [6.07, 6.45) is 3.90. The number of anilines is 1. The van der Waals surface area contributed by atoms with Gasteiger partial charge >= 0.3 is 0 Å². The molecule has 176 valence electrons. The van der Waals surface area contributed by atoms with Gasteiger partial charge in [0.25, 0.3) is 11.8 Å². The zero-order valence-electron chi connectivity index (χ0n) is 18.8. The molecule has 8 nitrogen and oxygen atoms in total. The lowest BCUT2D eigenvalue weighted by Gasteiger charge is -2.27. The average Bonchev–Trinajstić information content (AvgIpc) is 3.50. The highest BCUT2D eigenvalue weighted by atomic mass is 32.1. The van der Waals surface area contributed by atoms with Crippen LogP contribution in [0.5, 0.6) is 0 Å². The maximum Gasteiger partial charge on any atom is 0.289 e. The molecule has 0 bridgehead atoms. The Kier molecular flexibility index (Phi) is 7.34. The number of nitrogens with one attached hydrogen (secondary N) is 1. The number of carbonyl (C=O) groups excluding carboxylic acids is 3. The molecule has 3 aromatic rings. The Hall–Kier alpha value is -3.56. The van der Waals surface area contributed by atoms with Crippen molar-refractivity contribution in [3.8, 4) is 0 Å². The van der Waals surface area contributed by atoms with Crippen molar-refractivity contribution in [2.45, 2.75) is 45.3 Å². The number of carbonyl (C=O) groups is 3. The van der Waals surface area contributed by atoms with Crippen molar-refractivity contribution < 1.29 is 19.2 Å². The number of nitrogens with two attached hydrogens (primary N) is 1. The van der Waals surface area contributed by atoms with Crippen LogP contribution in [0, 0.1) is 6.92 Å². The molecule has 0 atom stereocenters. The van der Waals surface area contributed by atoms with Crippen LogP contribution < -0.4 is 11.1 Å². The number of aryl methyl sites for hydroxylation is 1. The summed E-state index contributed by atoms with van der Waals surface area (Å²) in [5.74, 6) is -1.20. The third kappa shape index (κ3) is 5.49. The minimum atomic E-state index is -0.563. The van der Waals surface area contributed by atoms with Crippen molar-refractivity contribution in [2.24, 2.45) is 5.73 Å². The molecule has 0 aliphatic heterocycles. The Morgan fingerprint density at radius 3 is 2.35 bits per heavy atom. The summed E-state index contributed by atoms with van der Waals surface area (Å²) >= 11 is 1.12. The Morgan fingerprint density at radius 1 is 1.06 bits per heavy atom. The molecule has 0 unspecified atom stereocenters. The summed E-state index contributed by atoms with van der Waals surface area (Å²) in [6.45, 7) is 2.04. The molecule has 1 aromatic heterocycles. The third-order valence-corrected chi connectivity index (χ3v) is 6.77. The molecule has 1 saturated carbocycles. The molecule has 9 heteroatoms. The summed E-state index contributed by atoms with van der Waals surface area (Å²) in [4.78, 5) is 48.1. The van der Waals surface area contributed by atoms with E-state index in [0.717, 1.165) is 42.6 Å². The number of benzene rings is 2. The zero-order chi connectivity index (χ0) is 24.1. The quantitative estimate of drug-likeness (QED) is 0.468. The van der Waals surface area contributed by atoms with Crippen LogP contribution in [-0.2, 0) is 11.4 Å². The molecule has 2 aromatic carbocycles. The van der Waals surface area contributed by atoms with Crippen molar-refractivity contribution in [1.82, 2.24) is 10.0 Å². The predicted molar refractivity (Wildman–Crippen MR) is 129 cm³/mol. The Balaban J connectivity index is 1.48. The van der Waals surface area contributed by atoms with Gasteiger partial charge < -0.3 is 5.73 Å². The third-order valence-electron chi connectivity index (χ3n) is 5.71. The summed E-state index contributed by atoms with van der Waals surface area (Å²) in [6, 6.07) is 15.7. The molecule has 1 aliphatic carbocycles. The molecule has 4 rings (SSSR count). The molecular weight excluding hydrogens is 452 g/mol. The van der Waals surface area contributed by atoms with Crippen LogP contribution in [0.15, 0.2) is 54.6 Å². The van der Waals surface area contributed by atoms with E-state index in [0.29, 0.717) is 33.4 Å². The van der Waals surface area contributed by atoms with Gasteiger partial charge in [-0.1, -0.05) is 54.5 Å². The van der Waals surface area contributed by atoms with Crippen molar-refractivity contribution in [3.63, 3.8) is 0 Å². The largest absolute Gasteiger partial charge is 0.366 e. The lowest BCUT2D eigenvalue weighted by molar-refractivity contribution is -0.157. The number of hydroxylamine groups is 2. The SMILES string of the molecule is Cc1nc(NC(=O)c2ccc(C(N)=O)cc2)sc1C(=O)N(OCc1ccccc1)C1CCCC1. The number of nitrogens with zero attached hydrogens (tertiary/aromatic N) is 2. The van der Waals surface area contributed by atoms with Crippen molar-refractivity contribution in [2.75, 3.05) is 5.32 Å². The molecule has 1 aliphatic rings. The predicted octanol–water partition coefficient (Wildman–Crippen LogP) is 4.32. The first kappa shape index (κ1) is 23.6. The first-order chi connectivity index (χ1) is 16.4. The Bertz CT molecular complexity index is 1170. The second kappa shape index (κ2) is 10.6. The van der Waals surface area contributed by atoms with Crippen molar-refractivity contribution in [3.05, 3.63) is 81.9 Å². The van der Waals surface area contributed by atoms with E-state index in [-0.39, 0.29) is 11.9 Å². The van der Waals surface area contributed by atoms with E-state index in [1.165, 1.54) is 29.3 Å². The molecule has 34 heavy (non-hydrogen) atoms. The lowest BCUT2D eigenvalue weighted by Crippen LogP contribution is -2.38. The number of hydrogen-bond acceptors (Lipinski definition) is 6. The van der Waals surface area contributed by atoms with Gasteiger partial charge in [0.1, 0.15) is 11.5 Å². The van der Waals surface area contributed by atoms with Crippen LogP contribution in [0.2, 0.25) is 0 Å². The zero-order valence-corrected chi connectivity index (χ0v) is 19.6. The molecule has 3 N–H and O–H groups in total. The summed E-state index contributed by atoms with van der Waals surface area (Å²) in [5, 5.41) is 4.54. The maximum atomic E-state index is 13.5. The van der Waals surface area contributed by atoms with Crippen LogP contribution in [0.25, 0.3) is 0 Å². The fraction of sp³-hybridized carbons (Fsp3) is 0.280. The number of primary amides is 1. The fourth-order valence-corrected chi connectivity index (χ4v) is 4.78. The van der Waals surface area contributed by atoms with Crippen LogP contribution in [0.1, 0.15) is 67.3 Å². The van der Waals surface area contributed by atoms with E-state index >= 15 is 0 Å². The van der Waals surface area contributed by atoms with Gasteiger partial charge in [0.2, 0.25) is 5.91 Å². The standard InChI is InChI=1S/C25H26N4O4S/c1-16-21(34-25(27-16)28-23(31)19-13-11-18(12-14-19)22(26)30)24(32)29(20-9-5-6-10-20)33-15-17-7-3-2-4-8-17/h2-4,7-8,11-14,20H,5-6,9-10,15H2,1H3,(H2,26,30)(H,27,28,31). The van der Waals surface area contributed by atoms with Crippen LogP contribution in [0.3, 0.4) is 0 Å². The number of rotatable bonds is 8. The number of amides is 3. The molecule has 3 amide bonds.